The van der Waals surface area contributed by atoms with Gasteiger partial charge in [0.15, 0.2) is 0 Å². The van der Waals surface area contributed by atoms with Crippen LogP contribution in [0.4, 0.5) is 0 Å². The van der Waals surface area contributed by atoms with E-state index in [1.54, 1.807) is 0 Å². The minimum absolute atomic E-state index is 0.0135. The standard InChI is InChI=1S/C19H22O2/c1-13-9-16-12-21-18(20)19(16,10-13)11-15-7-4-6-14-5-2-3-8-17(14)15/h4,6-7,16H,1-3,5,8-12H2. The zero-order valence-electron chi connectivity index (χ0n) is 12.5. The predicted octanol–water partition coefficient (Wildman–Crippen LogP) is 3.62. The zero-order valence-corrected chi connectivity index (χ0v) is 12.5. The second-order valence-corrected chi connectivity index (χ2v) is 7.02. The Hall–Kier alpha value is -1.57. The molecule has 3 aliphatic rings. The molecule has 1 saturated carbocycles. The number of carbonyl (C=O) groups is 1. The molecule has 1 aromatic rings. The molecule has 2 fully saturated rings. The van der Waals surface area contributed by atoms with E-state index in [4.69, 9.17) is 4.74 Å². The molecule has 0 aromatic heterocycles. The lowest BCUT2D eigenvalue weighted by Gasteiger charge is -2.27. The van der Waals surface area contributed by atoms with E-state index in [2.05, 4.69) is 24.8 Å². The zero-order chi connectivity index (χ0) is 14.4. The van der Waals surface area contributed by atoms with Crippen LogP contribution in [0.25, 0.3) is 0 Å². The highest BCUT2D eigenvalue weighted by molar-refractivity contribution is 5.81. The van der Waals surface area contributed by atoms with Crippen LogP contribution >= 0.6 is 0 Å². The molecule has 21 heavy (non-hydrogen) atoms. The van der Waals surface area contributed by atoms with Crippen molar-refractivity contribution in [2.45, 2.75) is 44.9 Å². The van der Waals surface area contributed by atoms with Crippen LogP contribution in [-0.2, 0) is 28.8 Å². The molecule has 0 radical (unpaired) electrons. The predicted molar refractivity (Wildman–Crippen MR) is 82.0 cm³/mol. The molecule has 1 aliphatic heterocycles. The Morgan fingerprint density at radius 3 is 3.05 bits per heavy atom. The Morgan fingerprint density at radius 1 is 1.29 bits per heavy atom. The molecular formula is C19H22O2. The highest BCUT2D eigenvalue weighted by atomic mass is 16.5. The van der Waals surface area contributed by atoms with Crippen molar-refractivity contribution < 1.29 is 9.53 Å². The molecule has 1 saturated heterocycles. The van der Waals surface area contributed by atoms with Crippen LogP contribution in [0.1, 0.15) is 42.4 Å². The van der Waals surface area contributed by atoms with Gasteiger partial charge in [-0.15, -0.1) is 0 Å². The van der Waals surface area contributed by atoms with Gasteiger partial charge in [0.1, 0.15) is 0 Å². The number of aryl methyl sites for hydroxylation is 1. The number of ether oxygens (including phenoxy) is 1. The van der Waals surface area contributed by atoms with E-state index in [9.17, 15) is 4.79 Å². The maximum atomic E-state index is 12.4. The number of benzene rings is 1. The third kappa shape index (κ3) is 1.96. The molecule has 110 valence electrons. The van der Waals surface area contributed by atoms with E-state index in [1.807, 2.05) is 0 Å². The first-order chi connectivity index (χ1) is 10.2. The van der Waals surface area contributed by atoms with Crippen molar-refractivity contribution in [1.29, 1.82) is 0 Å². The fourth-order valence-electron chi connectivity index (χ4n) is 4.63. The van der Waals surface area contributed by atoms with Gasteiger partial charge in [-0.1, -0.05) is 30.4 Å². The van der Waals surface area contributed by atoms with Gasteiger partial charge in [-0.05, 0) is 61.6 Å². The highest BCUT2D eigenvalue weighted by Gasteiger charge is 2.56. The second-order valence-electron chi connectivity index (χ2n) is 7.02. The van der Waals surface area contributed by atoms with Gasteiger partial charge in [-0.25, -0.2) is 0 Å². The maximum Gasteiger partial charge on any atom is 0.313 e. The number of cyclic esters (lactones) is 1. The van der Waals surface area contributed by atoms with Gasteiger partial charge in [0, 0.05) is 5.92 Å². The van der Waals surface area contributed by atoms with Crippen molar-refractivity contribution in [1.82, 2.24) is 0 Å². The van der Waals surface area contributed by atoms with E-state index < -0.39 is 0 Å². The Balaban J connectivity index is 1.72. The molecule has 0 N–H and O–H groups in total. The Labute approximate surface area is 126 Å². The lowest BCUT2D eigenvalue weighted by Crippen LogP contribution is -2.32. The van der Waals surface area contributed by atoms with Gasteiger partial charge in [-0.2, -0.15) is 0 Å². The minimum atomic E-state index is -0.316. The SMILES string of the molecule is C=C1CC2COC(=O)C2(Cc2cccc3c2CCCC3)C1. The van der Waals surface area contributed by atoms with Gasteiger partial charge in [0.25, 0.3) is 0 Å². The molecule has 2 heteroatoms. The van der Waals surface area contributed by atoms with Gasteiger partial charge in [-0.3, -0.25) is 4.79 Å². The lowest BCUT2D eigenvalue weighted by atomic mass is 9.73. The first kappa shape index (κ1) is 13.1. The summed E-state index contributed by atoms with van der Waals surface area (Å²) in [6.07, 6.45) is 7.55. The van der Waals surface area contributed by atoms with Crippen LogP contribution in [-0.4, -0.2) is 12.6 Å². The van der Waals surface area contributed by atoms with Crippen LogP contribution in [0, 0.1) is 11.3 Å². The van der Waals surface area contributed by atoms with Crippen LogP contribution in [0.15, 0.2) is 30.4 Å². The van der Waals surface area contributed by atoms with Crippen molar-refractivity contribution in [2.24, 2.45) is 11.3 Å². The largest absolute Gasteiger partial charge is 0.465 e. The van der Waals surface area contributed by atoms with Crippen molar-refractivity contribution in [3.63, 3.8) is 0 Å². The summed E-state index contributed by atoms with van der Waals surface area (Å²) in [5, 5.41) is 0. The molecule has 1 heterocycles. The summed E-state index contributed by atoms with van der Waals surface area (Å²) in [7, 11) is 0. The van der Waals surface area contributed by atoms with Gasteiger partial charge < -0.3 is 4.74 Å². The van der Waals surface area contributed by atoms with Gasteiger partial charge in [0.2, 0.25) is 0 Å². The Kier molecular flexibility index (Phi) is 2.95. The van der Waals surface area contributed by atoms with E-state index >= 15 is 0 Å². The van der Waals surface area contributed by atoms with E-state index in [1.165, 1.54) is 47.9 Å². The average Bonchev–Trinajstić information content (AvgIpc) is 2.95. The van der Waals surface area contributed by atoms with Crippen molar-refractivity contribution in [3.8, 4) is 0 Å². The fraction of sp³-hybridized carbons (Fsp3) is 0.526. The smallest absolute Gasteiger partial charge is 0.313 e. The van der Waals surface area contributed by atoms with E-state index in [0.29, 0.717) is 12.5 Å². The molecule has 2 atom stereocenters. The number of carbonyl (C=O) groups excluding carboxylic acids is 1. The maximum absolute atomic E-state index is 12.4. The third-order valence-corrected chi connectivity index (χ3v) is 5.70. The lowest BCUT2D eigenvalue weighted by molar-refractivity contribution is -0.146. The number of esters is 1. The van der Waals surface area contributed by atoms with Crippen molar-refractivity contribution >= 4 is 5.97 Å². The van der Waals surface area contributed by atoms with Crippen LogP contribution in [0.2, 0.25) is 0 Å². The van der Waals surface area contributed by atoms with Crippen molar-refractivity contribution in [3.05, 3.63) is 47.0 Å². The monoisotopic (exact) mass is 282 g/mol. The number of fused-ring (bicyclic) bond motifs is 2. The number of rotatable bonds is 2. The highest BCUT2D eigenvalue weighted by Crippen LogP contribution is 2.52. The molecule has 1 aromatic carbocycles. The van der Waals surface area contributed by atoms with Gasteiger partial charge in [0.05, 0.1) is 12.0 Å². The number of allylic oxidation sites excluding steroid dienone is 1. The molecule has 4 rings (SSSR count). The van der Waals surface area contributed by atoms with Crippen LogP contribution < -0.4 is 0 Å². The molecular weight excluding hydrogens is 260 g/mol. The Morgan fingerprint density at radius 2 is 2.14 bits per heavy atom. The Bertz CT molecular complexity index is 616. The quantitative estimate of drug-likeness (QED) is 0.612. The molecule has 2 unspecified atom stereocenters. The van der Waals surface area contributed by atoms with E-state index in [0.717, 1.165) is 19.3 Å². The summed E-state index contributed by atoms with van der Waals surface area (Å²) in [5.74, 6) is 0.358. The summed E-state index contributed by atoms with van der Waals surface area (Å²) in [5.41, 5.74) is 5.29. The summed E-state index contributed by atoms with van der Waals surface area (Å²) in [6.45, 7) is 4.73. The van der Waals surface area contributed by atoms with Gasteiger partial charge >= 0.3 is 5.97 Å². The number of hydrogen-bond donors (Lipinski definition) is 0. The molecule has 2 aliphatic carbocycles. The molecule has 0 bridgehead atoms. The summed E-state index contributed by atoms with van der Waals surface area (Å²) >= 11 is 0. The first-order valence-corrected chi connectivity index (χ1v) is 8.12. The van der Waals surface area contributed by atoms with Crippen LogP contribution in [0.5, 0.6) is 0 Å². The average molecular weight is 282 g/mol. The normalized spacial score (nSPS) is 31.0. The van der Waals surface area contributed by atoms with Crippen molar-refractivity contribution in [2.75, 3.05) is 6.61 Å². The second kappa shape index (κ2) is 4.72. The van der Waals surface area contributed by atoms with Crippen LogP contribution in [0.3, 0.4) is 0 Å². The molecule has 2 nitrogen and oxygen atoms in total. The summed E-state index contributed by atoms with van der Waals surface area (Å²) in [6, 6.07) is 6.64. The third-order valence-electron chi connectivity index (χ3n) is 5.70. The fourth-order valence-corrected chi connectivity index (χ4v) is 4.63. The first-order valence-electron chi connectivity index (χ1n) is 8.12. The minimum Gasteiger partial charge on any atom is -0.465 e. The summed E-state index contributed by atoms with van der Waals surface area (Å²) in [4.78, 5) is 12.4. The number of hydrogen-bond acceptors (Lipinski definition) is 2. The summed E-state index contributed by atoms with van der Waals surface area (Å²) < 4.78 is 5.41. The molecule has 0 spiro atoms. The van der Waals surface area contributed by atoms with E-state index in [-0.39, 0.29) is 11.4 Å². The molecule has 0 amide bonds. The topological polar surface area (TPSA) is 26.3 Å².